The Morgan fingerprint density at radius 2 is 1.81 bits per heavy atom. The number of nitrogens with zero attached hydrogens (tertiary/aromatic N) is 1. The zero-order valence-corrected chi connectivity index (χ0v) is 11.5. The van der Waals surface area contributed by atoms with Gasteiger partial charge in [0.2, 0.25) is 0 Å². The maximum atomic E-state index is 10.6. The van der Waals surface area contributed by atoms with Gasteiger partial charge < -0.3 is 20.1 Å². The van der Waals surface area contributed by atoms with Crippen LogP contribution in [-0.4, -0.2) is 50.5 Å². The number of carboxylic acids is 1. The molecule has 0 unspecified atom stereocenters. The average molecular weight is 306 g/mol. The summed E-state index contributed by atoms with van der Waals surface area (Å²) in [5, 5.41) is 10.5. The molecule has 0 amide bonds. The predicted molar refractivity (Wildman–Crippen MR) is 71.8 cm³/mol. The van der Waals surface area contributed by atoms with Crippen molar-refractivity contribution >= 4 is 11.7 Å². The van der Waals surface area contributed by atoms with E-state index < -0.39 is 12.1 Å². The van der Waals surface area contributed by atoms with E-state index in [2.05, 4.69) is 22.3 Å². The van der Waals surface area contributed by atoms with Crippen molar-refractivity contribution in [1.29, 1.82) is 0 Å². The van der Waals surface area contributed by atoms with Crippen molar-refractivity contribution in [2.75, 3.05) is 38.2 Å². The number of aliphatic carboxylic acids is 1. The molecule has 1 aliphatic rings. The number of carboxylic acid groups (broad SMARTS) is 1. The molecule has 1 aromatic carbocycles. The summed E-state index contributed by atoms with van der Waals surface area (Å²) < 4.78 is 37.1. The van der Waals surface area contributed by atoms with E-state index in [1.54, 1.807) is 7.11 Å². The summed E-state index contributed by atoms with van der Waals surface area (Å²) in [6, 6.07) is 8.19. The summed E-state index contributed by atoms with van der Waals surface area (Å²) in [4.78, 5) is 11.3. The molecule has 1 aliphatic heterocycles. The van der Waals surface area contributed by atoms with Crippen LogP contribution in [0.25, 0.3) is 0 Å². The van der Waals surface area contributed by atoms with Crippen molar-refractivity contribution in [3.63, 3.8) is 0 Å². The average Bonchev–Trinajstić information content (AvgIpc) is 2.48. The molecule has 5 nitrogen and oxygen atoms in total. The summed E-state index contributed by atoms with van der Waals surface area (Å²) in [6.45, 7) is 4.22. The molecule has 2 N–H and O–H groups in total. The summed E-state index contributed by atoms with van der Waals surface area (Å²) in [5.41, 5.74) is 1.21. The fourth-order valence-corrected chi connectivity index (χ4v) is 1.80. The number of methoxy groups -OCH3 is 1. The summed E-state index contributed by atoms with van der Waals surface area (Å²) >= 11 is 0. The minimum atomic E-state index is -5.08. The number of rotatable bonds is 2. The van der Waals surface area contributed by atoms with E-state index in [9.17, 15) is 13.2 Å². The van der Waals surface area contributed by atoms with Crippen LogP contribution in [0.5, 0.6) is 5.75 Å². The zero-order chi connectivity index (χ0) is 15.9. The fourth-order valence-electron chi connectivity index (χ4n) is 1.80. The number of piperazine rings is 1. The molecule has 0 atom stereocenters. The summed E-state index contributed by atoms with van der Waals surface area (Å²) in [5.74, 6) is -1.79. The standard InChI is InChI=1S/C11H16N2O.C2HF3O2/c1-14-11-5-3-2-4-10(11)13-8-6-12-7-9-13;3-2(4,5)1(6)7/h2-5,12H,6-9H2,1H3;(H,6,7). The van der Waals surface area contributed by atoms with Gasteiger partial charge in [-0.2, -0.15) is 13.2 Å². The maximum absolute atomic E-state index is 10.6. The number of carbonyl (C=O) groups is 1. The van der Waals surface area contributed by atoms with E-state index in [4.69, 9.17) is 14.6 Å². The van der Waals surface area contributed by atoms with Crippen LogP contribution in [0.15, 0.2) is 24.3 Å². The molecule has 1 heterocycles. The maximum Gasteiger partial charge on any atom is 0.490 e. The lowest BCUT2D eigenvalue weighted by Crippen LogP contribution is -2.43. The Bertz CT molecular complexity index is 460. The number of ether oxygens (including phenoxy) is 1. The molecule has 8 heteroatoms. The molecule has 1 fully saturated rings. The number of nitrogens with one attached hydrogen (secondary N) is 1. The summed E-state index contributed by atoms with van der Waals surface area (Å²) in [7, 11) is 1.72. The Balaban J connectivity index is 0.000000270. The molecule has 0 aromatic heterocycles. The fraction of sp³-hybridized carbons (Fsp3) is 0.462. The van der Waals surface area contributed by atoms with E-state index in [0.29, 0.717) is 0 Å². The van der Waals surface area contributed by atoms with Gasteiger partial charge in [0, 0.05) is 26.2 Å². The number of para-hydroxylation sites is 2. The lowest BCUT2D eigenvalue weighted by molar-refractivity contribution is -0.192. The van der Waals surface area contributed by atoms with Gasteiger partial charge >= 0.3 is 12.1 Å². The largest absolute Gasteiger partial charge is 0.495 e. The topological polar surface area (TPSA) is 61.8 Å². The number of hydrogen-bond donors (Lipinski definition) is 2. The Morgan fingerprint density at radius 3 is 2.29 bits per heavy atom. The van der Waals surface area contributed by atoms with Crippen molar-refractivity contribution in [1.82, 2.24) is 5.32 Å². The van der Waals surface area contributed by atoms with Gasteiger partial charge in [0.1, 0.15) is 5.75 Å². The Labute approximate surface area is 120 Å². The normalized spacial score (nSPS) is 15.0. The first kappa shape index (κ1) is 17.1. The van der Waals surface area contributed by atoms with E-state index in [1.807, 2.05) is 12.1 Å². The molecule has 118 valence electrons. The van der Waals surface area contributed by atoms with Crippen LogP contribution >= 0.6 is 0 Å². The molecule has 2 rings (SSSR count). The molecule has 0 aliphatic carbocycles. The van der Waals surface area contributed by atoms with Crippen molar-refractivity contribution in [2.45, 2.75) is 6.18 Å². The van der Waals surface area contributed by atoms with Crippen LogP contribution in [0.3, 0.4) is 0 Å². The second kappa shape index (κ2) is 7.72. The van der Waals surface area contributed by atoms with E-state index in [0.717, 1.165) is 31.9 Å². The second-order valence-electron chi connectivity index (χ2n) is 4.21. The third-order valence-electron chi connectivity index (χ3n) is 2.79. The van der Waals surface area contributed by atoms with Gasteiger partial charge in [-0.15, -0.1) is 0 Å². The number of hydrogen-bond acceptors (Lipinski definition) is 4. The number of benzene rings is 1. The van der Waals surface area contributed by atoms with Gasteiger partial charge in [0.25, 0.3) is 0 Å². The number of alkyl halides is 3. The molecule has 0 spiro atoms. The van der Waals surface area contributed by atoms with Crippen molar-refractivity contribution in [3.05, 3.63) is 24.3 Å². The Morgan fingerprint density at radius 1 is 1.29 bits per heavy atom. The van der Waals surface area contributed by atoms with E-state index in [1.165, 1.54) is 5.69 Å². The molecule has 0 radical (unpaired) electrons. The molecule has 0 bridgehead atoms. The van der Waals surface area contributed by atoms with Crippen LogP contribution in [0.1, 0.15) is 0 Å². The van der Waals surface area contributed by atoms with Crippen molar-refractivity contribution < 1.29 is 27.8 Å². The first-order valence-electron chi connectivity index (χ1n) is 6.25. The molecular weight excluding hydrogens is 289 g/mol. The minimum Gasteiger partial charge on any atom is -0.495 e. The highest BCUT2D eigenvalue weighted by Gasteiger charge is 2.38. The highest BCUT2D eigenvalue weighted by Crippen LogP contribution is 2.27. The highest BCUT2D eigenvalue weighted by atomic mass is 19.4. The van der Waals surface area contributed by atoms with Crippen LogP contribution in [0.4, 0.5) is 18.9 Å². The Kier molecular flexibility index (Phi) is 6.29. The smallest absolute Gasteiger partial charge is 0.490 e. The number of halogens is 3. The molecule has 1 saturated heterocycles. The van der Waals surface area contributed by atoms with Crippen LogP contribution < -0.4 is 15.0 Å². The lowest BCUT2D eigenvalue weighted by atomic mass is 10.2. The first-order valence-corrected chi connectivity index (χ1v) is 6.25. The monoisotopic (exact) mass is 306 g/mol. The first-order chi connectivity index (χ1) is 9.86. The third kappa shape index (κ3) is 5.50. The number of anilines is 1. The molecule has 1 aromatic rings. The minimum absolute atomic E-state index is 0.967. The summed E-state index contributed by atoms with van der Waals surface area (Å²) in [6.07, 6.45) is -5.08. The predicted octanol–water partition coefficient (Wildman–Crippen LogP) is 1.74. The van der Waals surface area contributed by atoms with Crippen LogP contribution in [0.2, 0.25) is 0 Å². The van der Waals surface area contributed by atoms with Crippen LogP contribution in [0, 0.1) is 0 Å². The van der Waals surface area contributed by atoms with Gasteiger partial charge in [0.05, 0.1) is 12.8 Å². The van der Waals surface area contributed by atoms with Gasteiger partial charge in [-0.3, -0.25) is 0 Å². The van der Waals surface area contributed by atoms with Gasteiger partial charge in [-0.1, -0.05) is 12.1 Å². The van der Waals surface area contributed by atoms with E-state index in [-0.39, 0.29) is 0 Å². The molecule has 0 saturated carbocycles. The highest BCUT2D eigenvalue weighted by molar-refractivity contribution is 5.73. The second-order valence-corrected chi connectivity index (χ2v) is 4.21. The Hall–Kier alpha value is -1.96. The zero-order valence-electron chi connectivity index (χ0n) is 11.5. The molecule has 21 heavy (non-hydrogen) atoms. The van der Waals surface area contributed by atoms with E-state index >= 15 is 0 Å². The quantitative estimate of drug-likeness (QED) is 0.871. The lowest BCUT2D eigenvalue weighted by Gasteiger charge is -2.30. The van der Waals surface area contributed by atoms with Gasteiger partial charge in [-0.05, 0) is 12.1 Å². The third-order valence-corrected chi connectivity index (χ3v) is 2.79. The van der Waals surface area contributed by atoms with Crippen molar-refractivity contribution in [2.24, 2.45) is 0 Å². The van der Waals surface area contributed by atoms with Gasteiger partial charge in [0.15, 0.2) is 0 Å². The van der Waals surface area contributed by atoms with Crippen molar-refractivity contribution in [3.8, 4) is 5.75 Å². The van der Waals surface area contributed by atoms with Crippen LogP contribution in [-0.2, 0) is 4.79 Å². The van der Waals surface area contributed by atoms with Gasteiger partial charge in [-0.25, -0.2) is 4.79 Å². The molecular formula is C13H17F3N2O3. The SMILES string of the molecule is COc1ccccc1N1CCNCC1.O=C(O)C(F)(F)F.